The van der Waals surface area contributed by atoms with Gasteiger partial charge in [-0.1, -0.05) is 32.0 Å². The molecule has 3 aromatic rings. The first kappa shape index (κ1) is 17.4. The van der Waals surface area contributed by atoms with Crippen LogP contribution in [0, 0.1) is 11.3 Å². The van der Waals surface area contributed by atoms with Crippen LogP contribution in [0.2, 0.25) is 0 Å². The van der Waals surface area contributed by atoms with E-state index in [1.54, 1.807) is 18.2 Å². The lowest BCUT2D eigenvalue weighted by Crippen LogP contribution is -2.11. The van der Waals surface area contributed by atoms with Gasteiger partial charge in [-0.25, -0.2) is 4.79 Å². The Labute approximate surface area is 151 Å². The quantitative estimate of drug-likeness (QED) is 0.515. The van der Waals surface area contributed by atoms with E-state index in [4.69, 9.17) is 14.7 Å². The summed E-state index contributed by atoms with van der Waals surface area (Å²) in [5, 5.41) is 9.72. The third-order valence-corrected chi connectivity index (χ3v) is 4.04. The van der Waals surface area contributed by atoms with E-state index in [1.807, 2.05) is 44.2 Å². The van der Waals surface area contributed by atoms with E-state index in [2.05, 4.69) is 4.98 Å². The topological polar surface area (TPSA) is 72.2 Å². The molecule has 0 amide bonds. The van der Waals surface area contributed by atoms with Crippen molar-refractivity contribution in [2.24, 2.45) is 0 Å². The SMILES string of the molecule is COc1cc(C#N)ccc1OC(=O)c1cc(C(C)C)nc2ccccc12. The van der Waals surface area contributed by atoms with Crippen molar-refractivity contribution >= 4 is 16.9 Å². The van der Waals surface area contributed by atoms with Crippen molar-refractivity contribution in [1.82, 2.24) is 4.98 Å². The Morgan fingerprint density at radius 1 is 1.12 bits per heavy atom. The highest BCUT2D eigenvalue weighted by atomic mass is 16.6. The maximum atomic E-state index is 12.9. The number of aromatic nitrogens is 1. The van der Waals surface area contributed by atoms with Gasteiger partial charge in [0, 0.05) is 17.1 Å². The van der Waals surface area contributed by atoms with Crippen molar-refractivity contribution < 1.29 is 14.3 Å². The molecule has 0 N–H and O–H groups in total. The van der Waals surface area contributed by atoms with Gasteiger partial charge < -0.3 is 9.47 Å². The second-order valence-corrected chi connectivity index (χ2v) is 6.13. The number of ether oxygens (including phenoxy) is 2. The van der Waals surface area contributed by atoms with Crippen LogP contribution in [-0.4, -0.2) is 18.1 Å². The number of nitrogens with zero attached hydrogens (tertiary/aromatic N) is 2. The Hall–Kier alpha value is -3.39. The molecule has 0 aliphatic rings. The molecular formula is C21H18N2O3. The Kier molecular flexibility index (Phi) is 4.85. The van der Waals surface area contributed by atoms with Crippen LogP contribution < -0.4 is 9.47 Å². The molecule has 0 radical (unpaired) electrons. The Morgan fingerprint density at radius 2 is 1.88 bits per heavy atom. The van der Waals surface area contributed by atoms with Gasteiger partial charge in [-0.3, -0.25) is 4.98 Å². The van der Waals surface area contributed by atoms with Crippen LogP contribution >= 0.6 is 0 Å². The first-order valence-electron chi connectivity index (χ1n) is 8.23. The van der Waals surface area contributed by atoms with Crippen LogP contribution in [0.3, 0.4) is 0 Å². The van der Waals surface area contributed by atoms with Crippen molar-refractivity contribution in [3.05, 3.63) is 65.4 Å². The normalized spacial score (nSPS) is 10.6. The minimum absolute atomic E-state index is 0.176. The van der Waals surface area contributed by atoms with Gasteiger partial charge in [0.1, 0.15) is 0 Å². The molecule has 130 valence electrons. The van der Waals surface area contributed by atoms with Gasteiger partial charge in [0.15, 0.2) is 11.5 Å². The third kappa shape index (κ3) is 3.35. The summed E-state index contributed by atoms with van der Waals surface area (Å²) in [5.74, 6) is 0.285. The lowest BCUT2D eigenvalue weighted by Gasteiger charge is -2.13. The molecule has 0 spiro atoms. The molecule has 1 aromatic heterocycles. The lowest BCUT2D eigenvalue weighted by molar-refractivity contribution is 0.0731. The fourth-order valence-electron chi connectivity index (χ4n) is 2.64. The highest BCUT2D eigenvalue weighted by Gasteiger charge is 2.18. The minimum atomic E-state index is -0.492. The number of rotatable bonds is 4. The summed E-state index contributed by atoms with van der Waals surface area (Å²) in [6.45, 7) is 4.05. The molecular weight excluding hydrogens is 328 g/mol. The first-order valence-corrected chi connectivity index (χ1v) is 8.23. The fourth-order valence-corrected chi connectivity index (χ4v) is 2.64. The maximum Gasteiger partial charge on any atom is 0.344 e. The number of hydrogen-bond donors (Lipinski definition) is 0. The summed E-state index contributed by atoms with van der Waals surface area (Å²) in [7, 11) is 1.46. The van der Waals surface area contributed by atoms with Crippen molar-refractivity contribution in [3.63, 3.8) is 0 Å². The fraction of sp³-hybridized carbons (Fsp3) is 0.190. The summed E-state index contributed by atoms with van der Waals surface area (Å²) in [6, 6.07) is 15.9. The van der Waals surface area contributed by atoms with Crippen LogP contribution in [0.5, 0.6) is 11.5 Å². The number of carbonyl (C=O) groups excluding carboxylic acids is 1. The number of nitriles is 1. The summed E-state index contributed by atoms with van der Waals surface area (Å²) in [5.41, 5.74) is 2.45. The monoisotopic (exact) mass is 346 g/mol. The second-order valence-electron chi connectivity index (χ2n) is 6.13. The molecule has 0 saturated heterocycles. The van der Waals surface area contributed by atoms with E-state index in [0.717, 1.165) is 16.6 Å². The van der Waals surface area contributed by atoms with Gasteiger partial charge >= 0.3 is 5.97 Å². The third-order valence-electron chi connectivity index (χ3n) is 4.04. The number of para-hydroxylation sites is 1. The van der Waals surface area contributed by atoms with Crippen LogP contribution in [-0.2, 0) is 0 Å². The molecule has 1 heterocycles. The van der Waals surface area contributed by atoms with Crippen LogP contribution in [0.25, 0.3) is 10.9 Å². The smallest absolute Gasteiger partial charge is 0.344 e. The number of benzene rings is 2. The molecule has 5 nitrogen and oxygen atoms in total. The first-order chi connectivity index (χ1) is 12.5. The standard InChI is InChI=1S/C21H18N2O3/c1-13(2)18-11-16(15-6-4-5-7-17(15)23-18)21(24)26-19-9-8-14(12-22)10-20(19)25-3/h4-11,13H,1-3H3. The van der Waals surface area contributed by atoms with Crippen LogP contribution in [0.15, 0.2) is 48.5 Å². The summed E-state index contributed by atoms with van der Waals surface area (Å²) < 4.78 is 10.8. The van der Waals surface area contributed by atoms with Gasteiger partial charge in [-0.05, 0) is 30.2 Å². The number of hydrogen-bond acceptors (Lipinski definition) is 5. The van der Waals surface area contributed by atoms with E-state index in [-0.39, 0.29) is 11.7 Å². The summed E-state index contributed by atoms with van der Waals surface area (Å²) in [4.78, 5) is 17.5. The van der Waals surface area contributed by atoms with Gasteiger partial charge in [-0.2, -0.15) is 5.26 Å². The number of pyridine rings is 1. The molecule has 0 bridgehead atoms. The van der Waals surface area contributed by atoms with E-state index < -0.39 is 5.97 Å². The lowest BCUT2D eigenvalue weighted by atomic mass is 10.0. The highest BCUT2D eigenvalue weighted by molar-refractivity contribution is 6.04. The van der Waals surface area contributed by atoms with Crippen molar-refractivity contribution in [2.45, 2.75) is 19.8 Å². The molecule has 3 rings (SSSR count). The molecule has 0 fully saturated rings. The molecule has 0 saturated carbocycles. The van der Waals surface area contributed by atoms with Gasteiger partial charge in [0.25, 0.3) is 0 Å². The van der Waals surface area contributed by atoms with Gasteiger partial charge in [0.2, 0.25) is 0 Å². The molecule has 0 unspecified atom stereocenters. The molecule has 26 heavy (non-hydrogen) atoms. The predicted molar refractivity (Wildman–Crippen MR) is 98.5 cm³/mol. The molecule has 0 aliphatic heterocycles. The van der Waals surface area contributed by atoms with Crippen molar-refractivity contribution in [3.8, 4) is 17.6 Å². The zero-order chi connectivity index (χ0) is 18.7. The largest absolute Gasteiger partial charge is 0.493 e. The van der Waals surface area contributed by atoms with Crippen molar-refractivity contribution in [1.29, 1.82) is 5.26 Å². The summed E-state index contributed by atoms with van der Waals surface area (Å²) in [6.07, 6.45) is 0. The van der Waals surface area contributed by atoms with Crippen LogP contribution in [0.4, 0.5) is 0 Å². The molecule has 5 heteroatoms. The molecule has 0 atom stereocenters. The van der Waals surface area contributed by atoms with Gasteiger partial charge in [-0.15, -0.1) is 0 Å². The number of fused-ring (bicyclic) bond motifs is 1. The zero-order valence-electron chi connectivity index (χ0n) is 14.8. The Balaban J connectivity index is 2.04. The second kappa shape index (κ2) is 7.24. The minimum Gasteiger partial charge on any atom is -0.493 e. The highest BCUT2D eigenvalue weighted by Crippen LogP contribution is 2.30. The maximum absolute atomic E-state index is 12.9. The van der Waals surface area contributed by atoms with E-state index >= 15 is 0 Å². The number of methoxy groups -OCH3 is 1. The van der Waals surface area contributed by atoms with Gasteiger partial charge in [0.05, 0.1) is 29.8 Å². The van der Waals surface area contributed by atoms with Crippen LogP contribution in [0.1, 0.15) is 41.4 Å². The Morgan fingerprint density at radius 3 is 2.58 bits per heavy atom. The zero-order valence-corrected chi connectivity index (χ0v) is 14.8. The van der Waals surface area contributed by atoms with E-state index in [0.29, 0.717) is 16.9 Å². The average Bonchev–Trinajstić information content (AvgIpc) is 2.67. The Bertz CT molecular complexity index is 1020. The molecule has 2 aromatic carbocycles. The average molecular weight is 346 g/mol. The number of esters is 1. The number of carbonyl (C=O) groups is 1. The van der Waals surface area contributed by atoms with E-state index in [9.17, 15) is 4.79 Å². The van der Waals surface area contributed by atoms with Crippen molar-refractivity contribution in [2.75, 3.05) is 7.11 Å². The predicted octanol–water partition coefficient (Wildman–Crippen LogP) is 4.46. The van der Waals surface area contributed by atoms with E-state index in [1.165, 1.54) is 13.2 Å². The molecule has 0 aliphatic carbocycles. The summed E-state index contributed by atoms with van der Waals surface area (Å²) >= 11 is 0.